The van der Waals surface area contributed by atoms with Gasteiger partial charge in [-0.25, -0.2) is 4.79 Å². The highest BCUT2D eigenvalue weighted by Crippen LogP contribution is 2.36. The third-order valence-corrected chi connectivity index (χ3v) is 7.84. The summed E-state index contributed by atoms with van der Waals surface area (Å²) in [5.74, 6) is 1.13. The van der Waals surface area contributed by atoms with Gasteiger partial charge in [0.25, 0.3) is 11.8 Å². The Hall–Kier alpha value is -3.07. The topological polar surface area (TPSA) is 107 Å². The molecule has 2 aliphatic heterocycles. The van der Waals surface area contributed by atoms with Gasteiger partial charge in [0.2, 0.25) is 0 Å². The molecule has 0 atom stereocenters. The van der Waals surface area contributed by atoms with E-state index >= 15 is 0 Å². The average Bonchev–Trinajstić information content (AvgIpc) is 3.36. The Morgan fingerprint density at radius 2 is 1.91 bits per heavy atom. The number of urea groups is 1. The second-order valence-corrected chi connectivity index (χ2v) is 10.1. The summed E-state index contributed by atoms with van der Waals surface area (Å²) in [5, 5.41) is 4.91. The number of hydrazine groups is 1. The average molecular weight is 468 g/mol. The van der Waals surface area contributed by atoms with Gasteiger partial charge in [-0.05, 0) is 87.2 Å². The van der Waals surface area contributed by atoms with Crippen molar-refractivity contribution >= 4 is 28.7 Å². The van der Waals surface area contributed by atoms with Gasteiger partial charge in [0.05, 0.1) is 13.7 Å². The number of carbonyl (C=O) groups excluding carboxylic acids is 3. The third-order valence-electron chi connectivity index (χ3n) is 7.84. The van der Waals surface area contributed by atoms with E-state index < -0.39 is 11.6 Å². The number of ether oxygens (including phenoxy) is 1. The first-order valence-corrected chi connectivity index (χ1v) is 12.2. The van der Waals surface area contributed by atoms with Gasteiger partial charge in [-0.2, -0.15) is 5.01 Å². The van der Waals surface area contributed by atoms with Crippen LogP contribution in [0, 0.1) is 5.92 Å². The summed E-state index contributed by atoms with van der Waals surface area (Å²) >= 11 is 0. The van der Waals surface area contributed by atoms with Gasteiger partial charge in [-0.1, -0.05) is 6.92 Å². The highest BCUT2D eigenvalue weighted by atomic mass is 16.5. The van der Waals surface area contributed by atoms with Crippen molar-refractivity contribution < 1.29 is 19.1 Å². The Morgan fingerprint density at radius 3 is 2.62 bits per heavy atom. The smallest absolute Gasteiger partial charge is 0.344 e. The number of hydrogen-bond acceptors (Lipinski definition) is 5. The van der Waals surface area contributed by atoms with Crippen molar-refractivity contribution in [3.05, 3.63) is 30.0 Å². The molecule has 3 fully saturated rings. The number of hydrogen-bond donors (Lipinski definition) is 3. The van der Waals surface area contributed by atoms with E-state index in [0.717, 1.165) is 55.0 Å². The monoisotopic (exact) mass is 467 g/mol. The molecule has 1 aliphatic carbocycles. The molecule has 1 aromatic heterocycles. The fourth-order valence-corrected chi connectivity index (χ4v) is 5.67. The van der Waals surface area contributed by atoms with E-state index in [1.807, 2.05) is 12.1 Å². The highest BCUT2D eigenvalue weighted by Gasteiger charge is 2.52. The number of benzene rings is 1. The summed E-state index contributed by atoms with van der Waals surface area (Å²) in [6, 6.07) is 5.52. The number of carbonyl (C=O) groups is 3. The van der Waals surface area contributed by atoms with E-state index in [1.54, 1.807) is 7.11 Å². The van der Waals surface area contributed by atoms with Gasteiger partial charge < -0.3 is 15.0 Å². The summed E-state index contributed by atoms with van der Waals surface area (Å²) in [5.41, 5.74) is 4.08. The summed E-state index contributed by atoms with van der Waals surface area (Å²) in [6.07, 6.45) is 6.98. The van der Waals surface area contributed by atoms with Crippen LogP contribution < -0.4 is 15.5 Å². The van der Waals surface area contributed by atoms with Gasteiger partial charge in [0.15, 0.2) is 0 Å². The van der Waals surface area contributed by atoms with E-state index in [1.165, 1.54) is 10.9 Å². The van der Waals surface area contributed by atoms with Crippen molar-refractivity contribution in [3.63, 3.8) is 0 Å². The maximum absolute atomic E-state index is 13.0. The predicted molar refractivity (Wildman–Crippen MR) is 127 cm³/mol. The predicted octanol–water partition coefficient (Wildman–Crippen LogP) is 2.89. The van der Waals surface area contributed by atoms with Crippen LogP contribution in [-0.2, 0) is 9.59 Å². The number of rotatable bonds is 5. The van der Waals surface area contributed by atoms with Gasteiger partial charge in [-0.15, -0.1) is 0 Å². The minimum Gasteiger partial charge on any atom is -0.497 e. The van der Waals surface area contributed by atoms with Crippen molar-refractivity contribution in [1.29, 1.82) is 0 Å². The van der Waals surface area contributed by atoms with Crippen LogP contribution in [0.3, 0.4) is 0 Å². The Balaban J connectivity index is 1.15. The van der Waals surface area contributed by atoms with Crippen LogP contribution in [0.2, 0.25) is 0 Å². The molecule has 182 valence electrons. The van der Waals surface area contributed by atoms with Gasteiger partial charge in [0, 0.05) is 17.1 Å². The maximum Gasteiger partial charge on any atom is 0.344 e. The largest absolute Gasteiger partial charge is 0.497 e. The van der Waals surface area contributed by atoms with Crippen LogP contribution in [0.4, 0.5) is 4.79 Å². The molecule has 9 heteroatoms. The zero-order chi connectivity index (χ0) is 23.9. The van der Waals surface area contributed by atoms with E-state index in [-0.39, 0.29) is 18.4 Å². The normalized spacial score (nSPS) is 26.3. The number of nitrogens with one attached hydrogen (secondary N) is 3. The van der Waals surface area contributed by atoms with E-state index in [2.05, 4.69) is 39.8 Å². The number of likely N-dealkylation sites (tertiary alicyclic amines) is 1. The minimum atomic E-state index is -0.850. The Bertz CT molecular complexity index is 1100. The lowest BCUT2D eigenvalue weighted by atomic mass is 9.77. The van der Waals surface area contributed by atoms with Crippen LogP contribution in [0.5, 0.6) is 5.75 Å². The summed E-state index contributed by atoms with van der Waals surface area (Å²) in [4.78, 5) is 43.5. The standard InChI is InChI=1S/C25H33N5O4/c1-16-5-9-25(10-6-16)23(32)30(24(33)27-25)28-22(31)15-29-11-7-17(8-12-29)20-14-26-21-4-3-18(34-2)13-19(20)21/h3-4,13-14,16-17,26H,5-12,15H2,1-2H3,(H,27,33)(H,28,31). The second kappa shape index (κ2) is 8.94. The second-order valence-electron chi connectivity index (χ2n) is 10.1. The number of H-pyrrole nitrogens is 1. The van der Waals surface area contributed by atoms with Crippen LogP contribution in [0.25, 0.3) is 10.9 Å². The molecule has 2 aromatic rings. The molecule has 1 saturated carbocycles. The molecule has 4 amide bonds. The molecule has 3 aliphatic rings. The summed E-state index contributed by atoms with van der Waals surface area (Å²) < 4.78 is 5.38. The fraction of sp³-hybridized carbons (Fsp3) is 0.560. The van der Waals surface area contributed by atoms with E-state index in [4.69, 9.17) is 4.74 Å². The molecule has 0 radical (unpaired) electrons. The molecule has 0 bridgehead atoms. The SMILES string of the molecule is COc1ccc2[nH]cc(C3CCN(CC(=O)NN4C(=O)NC5(CCC(C)CC5)C4=O)CC3)c2c1. The molecule has 3 heterocycles. The van der Waals surface area contributed by atoms with Crippen molar-refractivity contribution in [2.45, 2.75) is 56.9 Å². The first-order chi connectivity index (χ1) is 16.4. The quantitative estimate of drug-likeness (QED) is 0.587. The molecular weight excluding hydrogens is 434 g/mol. The van der Waals surface area contributed by atoms with Gasteiger partial charge in [-0.3, -0.25) is 19.9 Å². The molecule has 3 N–H and O–H groups in total. The lowest BCUT2D eigenvalue weighted by Crippen LogP contribution is -2.53. The van der Waals surface area contributed by atoms with E-state index in [0.29, 0.717) is 24.7 Å². The maximum atomic E-state index is 13.0. The highest BCUT2D eigenvalue weighted by molar-refractivity contribution is 6.08. The zero-order valence-corrected chi connectivity index (χ0v) is 19.9. The number of fused-ring (bicyclic) bond motifs is 1. The van der Waals surface area contributed by atoms with Crippen LogP contribution in [0.1, 0.15) is 56.9 Å². The fourth-order valence-electron chi connectivity index (χ4n) is 5.67. The van der Waals surface area contributed by atoms with Crippen LogP contribution in [0.15, 0.2) is 24.4 Å². The van der Waals surface area contributed by atoms with Gasteiger partial charge in [0.1, 0.15) is 11.3 Å². The number of methoxy groups -OCH3 is 1. The number of aromatic nitrogens is 1. The van der Waals surface area contributed by atoms with Crippen molar-refractivity contribution in [2.24, 2.45) is 5.92 Å². The molecule has 9 nitrogen and oxygen atoms in total. The van der Waals surface area contributed by atoms with Crippen molar-refractivity contribution in [2.75, 3.05) is 26.7 Å². The molecular formula is C25H33N5O4. The minimum absolute atomic E-state index is 0.162. The Kier molecular flexibility index (Phi) is 5.97. The number of nitrogens with zero attached hydrogens (tertiary/aromatic N) is 2. The van der Waals surface area contributed by atoms with E-state index in [9.17, 15) is 14.4 Å². The molecule has 2 saturated heterocycles. The van der Waals surface area contributed by atoms with Crippen LogP contribution in [-0.4, -0.2) is 65.0 Å². The molecule has 5 rings (SSSR count). The first kappa shape index (κ1) is 22.7. The van der Waals surface area contributed by atoms with Crippen LogP contribution >= 0.6 is 0 Å². The Labute approximate surface area is 199 Å². The lowest BCUT2D eigenvalue weighted by molar-refractivity contribution is -0.140. The number of aromatic amines is 1. The summed E-state index contributed by atoms with van der Waals surface area (Å²) in [6.45, 7) is 3.87. The molecule has 0 unspecified atom stereocenters. The summed E-state index contributed by atoms with van der Waals surface area (Å²) in [7, 11) is 1.67. The first-order valence-electron chi connectivity index (χ1n) is 12.2. The van der Waals surface area contributed by atoms with Gasteiger partial charge >= 0.3 is 6.03 Å². The third kappa shape index (κ3) is 4.13. The van der Waals surface area contributed by atoms with Crippen molar-refractivity contribution in [3.8, 4) is 5.75 Å². The molecule has 34 heavy (non-hydrogen) atoms. The lowest BCUT2D eigenvalue weighted by Gasteiger charge is -2.33. The molecule has 1 aromatic carbocycles. The number of piperidine rings is 1. The van der Waals surface area contributed by atoms with Crippen molar-refractivity contribution in [1.82, 2.24) is 25.6 Å². The zero-order valence-electron chi connectivity index (χ0n) is 19.9. The number of amides is 4. The number of imide groups is 1. The molecule has 1 spiro atoms. The Morgan fingerprint density at radius 1 is 1.18 bits per heavy atom.